The fourth-order valence-electron chi connectivity index (χ4n) is 5.02. The van der Waals surface area contributed by atoms with Crippen molar-refractivity contribution in [3.8, 4) is 0 Å². The van der Waals surface area contributed by atoms with E-state index >= 15 is 0 Å². The first kappa shape index (κ1) is 18.6. The molecule has 25 heavy (non-hydrogen) atoms. The van der Waals surface area contributed by atoms with E-state index < -0.39 is 12.0 Å². The summed E-state index contributed by atoms with van der Waals surface area (Å²) >= 11 is 0. The number of hydrogen-bond donors (Lipinski definition) is 2. The average Bonchev–Trinajstić information content (AvgIpc) is 2.94. The summed E-state index contributed by atoms with van der Waals surface area (Å²) in [5.74, 6) is -0.315. The zero-order valence-corrected chi connectivity index (χ0v) is 15.6. The fourth-order valence-corrected chi connectivity index (χ4v) is 5.02. The van der Waals surface area contributed by atoms with Gasteiger partial charge in [0.15, 0.2) is 0 Å². The molecule has 1 aliphatic carbocycles. The Balaban J connectivity index is 1.53. The molecule has 6 heteroatoms. The second-order valence-electron chi connectivity index (χ2n) is 8.35. The molecule has 1 saturated carbocycles. The first-order valence-corrected chi connectivity index (χ1v) is 9.97. The number of carbonyl (C=O) groups is 2. The Morgan fingerprint density at radius 1 is 1.12 bits per heavy atom. The molecular weight excluding hydrogens is 318 g/mol. The van der Waals surface area contributed by atoms with Crippen LogP contribution in [0.25, 0.3) is 0 Å². The zero-order chi connectivity index (χ0) is 18.0. The Morgan fingerprint density at radius 3 is 2.44 bits per heavy atom. The van der Waals surface area contributed by atoms with Crippen LogP contribution in [-0.2, 0) is 9.59 Å². The lowest BCUT2D eigenvalue weighted by Crippen LogP contribution is -2.51. The molecule has 0 aromatic carbocycles. The minimum Gasteiger partial charge on any atom is -0.480 e. The summed E-state index contributed by atoms with van der Waals surface area (Å²) in [7, 11) is 0. The number of nitrogens with one attached hydrogen (secondary N) is 1. The van der Waals surface area contributed by atoms with Crippen molar-refractivity contribution < 1.29 is 14.7 Å². The number of hydrogen-bond acceptors (Lipinski definition) is 4. The van der Waals surface area contributed by atoms with Gasteiger partial charge in [0.1, 0.15) is 6.04 Å². The molecule has 2 aliphatic heterocycles. The number of piperidine rings is 1. The lowest BCUT2D eigenvalue weighted by molar-refractivity contribution is -0.143. The van der Waals surface area contributed by atoms with Gasteiger partial charge in [-0.25, -0.2) is 0 Å². The lowest BCUT2D eigenvalue weighted by atomic mass is 9.85. The molecule has 3 unspecified atom stereocenters. The predicted octanol–water partition coefficient (Wildman–Crippen LogP) is 1.69. The summed E-state index contributed by atoms with van der Waals surface area (Å²) in [5, 5.41) is 12.7. The number of carboxylic acids is 1. The standard InChI is InChI=1S/C19H33N3O3/c1-13(2)21-9-7-15(8-10-21)20-18(23)12-22-16-6-4-3-5-14(16)11-17(22)19(24)25/h13-17H,3-12H2,1-2H3,(H,20,23)(H,24,25). The van der Waals surface area contributed by atoms with E-state index in [9.17, 15) is 14.7 Å². The van der Waals surface area contributed by atoms with Gasteiger partial charge >= 0.3 is 5.97 Å². The first-order chi connectivity index (χ1) is 12.0. The molecule has 0 radical (unpaired) electrons. The monoisotopic (exact) mass is 351 g/mol. The Hall–Kier alpha value is -1.14. The van der Waals surface area contributed by atoms with E-state index in [-0.39, 0.29) is 24.5 Å². The fraction of sp³-hybridized carbons (Fsp3) is 0.895. The van der Waals surface area contributed by atoms with Gasteiger partial charge in [-0.15, -0.1) is 0 Å². The molecular formula is C19H33N3O3. The number of carboxylic acid groups (broad SMARTS) is 1. The van der Waals surface area contributed by atoms with Crippen LogP contribution in [0.5, 0.6) is 0 Å². The molecule has 3 atom stereocenters. The Bertz CT molecular complexity index is 488. The first-order valence-electron chi connectivity index (χ1n) is 9.97. The number of likely N-dealkylation sites (tertiary alicyclic amines) is 2. The van der Waals surface area contributed by atoms with Crippen molar-refractivity contribution in [1.29, 1.82) is 0 Å². The van der Waals surface area contributed by atoms with Crippen molar-refractivity contribution in [2.45, 2.75) is 83.0 Å². The van der Waals surface area contributed by atoms with Gasteiger partial charge in [0.2, 0.25) is 5.91 Å². The molecule has 3 fully saturated rings. The Morgan fingerprint density at radius 2 is 1.80 bits per heavy atom. The van der Waals surface area contributed by atoms with E-state index in [2.05, 4.69) is 24.1 Å². The van der Waals surface area contributed by atoms with Gasteiger partial charge in [0, 0.05) is 31.2 Å². The molecule has 6 nitrogen and oxygen atoms in total. The van der Waals surface area contributed by atoms with E-state index in [4.69, 9.17) is 0 Å². The highest BCUT2D eigenvalue weighted by atomic mass is 16.4. The van der Waals surface area contributed by atoms with Crippen molar-refractivity contribution in [2.75, 3.05) is 19.6 Å². The van der Waals surface area contributed by atoms with Gasteiger partial charge in [-0.3, -0.25) is 14.5 Å². The van der Waals surface area contributed by atoms with Gasteiger partial charge in [-0.05, 0) is 51.9 Å². The van der Waals surface area contributed by atoms with Gasteiger partial charge in [0.25, 0.3) is 0 Å². The van der Waals surface area contributed by atoms with E-state index in [0.29, 0.717) is 18.4 Å². The van der Waals surface area contributed by atoms with Crippen molar-refractivity contribution in [1.82, 2.24) is 15.1 Å². The SMILES string of the molecule is CC(C)N1CCC(NC(=O)CN2C(C(=O)O)CC3CCCCC32)CC1. The quantitative estimate of drug-likeness (QED) is 0.789. The van der Waals surface area contributed by atoms with Crippen molar-refractivity contribution in [3.05, 3.63) is 0 Å². The van der Waals surface area contributed by atoms with Crippen LogP contribution in [0.15, 0.2) is 0 Å². The van der Waals surface area contributed by atoms with Crippen LogP contribution in [0.2, 0.25) is 0 Å². The summed E-state index contributed by atoms with van der Waals surface area (Å²) in [6, 6.07) is 0.585. The number of fused-ring (bicyclic) bond motifs is 1. The van der Waals surface area contributed by atoms with E-state index in [0.717, 1.165) is 45.2 Å². The van der Waals surface area contributed by atoms with Crippen molar-refractivity contribution >= 4 is 11.9 Å². The van der Waals surface area contributed by atoms with Crippen LogP contribution in [0.1, 0.15) is 58.8 Å². The summed E-state index contributed by atoms with van der Waals surface area (Å²) < 4.78 is 0. The summed E-state index contributed by atoms with van der Waals surface area (Å²) in [6.45, 7) is 6.70. The summed E-state index contributed by atoms with van der Waals surface area (Å²) in [6.07, 6.45) is 7.17. The smallest absolute Gasteiger partial charge is 0.320 e. The molecule has 2 N–H and O–H groups in total. The van der Waals surface area contributed by atoms with Crippen LogP contribution in [0, 0.1) is 5.92 Å². The van der Waals surface area contributed by atoms with E-state index in [1.165, 1.54) is 6.42 Å². The van der Waals surface area contributed by atoms with Crippen molar-refractivity contribution in [3.63, 3.8) is 0 Å². The Labute approximate surface area is 150 Å². The average molecular weight is 351 g/mol. The molecule has 0 bridgehead atoms. The second kappa shape index (κ2) is 8.04. The lowest BCUT2D eigenvalue weighted by Gasteiger charge is -2.36. The maximum absolute atomic E-state index is 12.6. The number of nitrogens with zero attached hydrogens (tertiary/aromatic N) is 2. The number of aliphatic carboxylic acids is 1. The van der Waals surface area contributed by atoms with Gasteiger partial charge in [-0.2, -0.15) is 0 Å². The zero-order valence-electron chi connectivity index (χ0n) is 15.6. The number of amides is 1. The topological polar surface area (TPSA) is 72.9 Å². The molecule has 1 amide bonds. The highest BCUT2D eigenvalue weighted by Crippen LogP contribution is 2.39. The van der Waals surface area contributed by atoms with E-state index in [1.807, 2.05) is 4.90 Å². The minimum absolute atomic E-state index is 0.000436. The predicted molar refractivity (Wildman–Crippen MR) is 96.4 cm³/mol. The maximum atomic E-state index is 12.6. The normalized spacial score (nSPS) is 31.9. The van der Waals surface area contributed by atoms with Crippen LogP contribution in [-0.4, -0.2) is 70.6 Å². The number of rotatable bonds is 5. The number of carbonyl (C=O) groups excluding carboxylic acids is 1. The molecule has 3 rings (SSSR count). The largest absolute Gasteiger partial charge is 0.480 e. The summed E-state index contributed by atoms with van der Waals surface area (Å²) in [4.78, 5) is 28.6. The highest BCUT2D eigenvalue weighted by Gasteiger charge is 2.45. The minimum atomic E-state index is -0.771. The van der Waals surface area contributed by atoms with Gasteiger partial charge in [0.05, 0.1) is 6.54 Å². The van der Waals surface area contributed by atoms with Crippen LogP contribution < -0.4 is 5.32 Å². The molecule has 2 saturated heterocycles. The molecule has 0 aromatic heterocycles. The summed E-state index contributed by atoms with van der Waals surface area (Å²) in [5.41, 5.74) is 0. The van der Waals surface area contributed by atoms with Crippen LogP contribution in [0.3, 0.4) is 0 Å². The third kappa shape index (κ3) is 4.34. The van der Waals surface area contributed by atoms with Gasteiger partial charge in [-0.1, -0.05) is 12.8 Å². The molecule has 142 valence electrons. The maximum Gasteiger partial charge on any atom is 0.320 e. The molecule has 3 aliphatic rings. The van der Waals surface area contributed by atoms with Gasteiger partial charge < -0.3 is 15.3 Å². The van der Waals surface area contributed by atoms with Crippen molar-refractivity contribution in [2.24, 2.45) is 5.92 Å². The van der Waals surface area contributed by atoms with Crippen LogP contribution in [0.4, 0.5) is 0 Å². The highest BCUT2D eigenvalue weighted by molar-refractivity contribution is 5.80. The second-order valence-corrected chi connectivity index (χ2v) is 8.35. The third-order valence-corrected chi connectivity index (χ3v) is 6.46. The third-order valence-electron chi connectivity index (χ3n) is 6.46. The molecule has 0 spiro atoms. The van der Waals surface area contributed by atoms with Crippen LogP contribution >= 0.6 is 0 Å². The molecule has 0 aromatic rings. The molecule has 2 heterocycles. The Kier molecular flexibility index (Phi) is 6.00. The van der Waals surface area contributed by atoms with E-state index in [1.54, 1.807) is 0 Å².